The van der Waals surface area contributed by atoms with Gasteiger partial charge in [0.05, 0.1) is 6.54 Å². The molecule has 0 fully saturated rings. The van der Waals surface area contributed by atoms with Crippen LogP contribution in [0.3, 0.4) is 0 Å². The second kappa shape index (κ2) is 19.3. The Hall–Kier alpha value is -0.700. The fourth-order valence-corrected chi connectivity index (χ4v) is 1.92. The summed E-state index contributed by atoms with van der Waals surface area (Å²) in [4.78, 5) is 20.7. The summed E-state index contributed by atoms with van der Waals surface area (Å²) in [6, 6.07) is 0. The zero-order valence-corrected chi connectivity index (χ0v) is 14.7. The van der Waals surface area contributed by atoms with Crippen molar-refractivity contribution in [3.8, 4) is 0 Å². The average molecular weight is 299 g/mol. The lowest BCUT2D eigenvalue weighted by Crippen LogP contribution is -2.22. The molecule has 21 heavy (non-hydrogen) atoms. The van der Waals surface area contributed by atoms with Gasteiger partial charge in [-0.3, -0.25) is 4.79 Å². The first kappa shape index (κ1) is 22.6. The summed E-state index contributed by atoms with van der Waals surface area (Å²) in [5.74, 6) is 0.440. The second-order valence-electron chi connectivity index (χ2n) is 5.94. The minimum Gasteiger partial charge on any atom is -0.313 e. The third kappa shape index (κ3) is 21.7. The Bertz CT molecular complexity index is 227. The number of ketones is 1. The number of unbranched alkanes of at least 4 members (excludes halogenated alkanes) is 9. The lowest BCUT2D eigenvalue weighted by atomic mass is 10.1. The van der Waals surface area contributed by atoms with Gasteiger partial charge in [0.1, 0.15) is 12.1 Å². The van der Waals surface area contributed by atoms with E-state index < -0.39 is 0 Å². The maximum atomic E-state index is 10.7. The first-order valence-corrected chi connectivity index (χ1v) is 8.71. The summed E-state index contributed by atoms with van der Waals surface area (Å²) in [5, 5.41) is 2.80. The number of aldehydes is 1. The lowest BCUT2D eigenvalue weighted by Gasteiger charge is -2.00. The van der Waals surface area contributed by atoms with Gasteiger partial charge in [0.25, 0.3) is 0 Å². The van der Waals surface area contributed by atoms with E-state index in [1.165, 1.54) is 51.4 Å². The van der Waals surface area contributed by atoms with E-state index in [1.54, 1.807) is 7.05 Å². The monoisotopic (exact) mass is 299 g/mol. The largest absolute Gasteiger partial charge is 0.313 e. The molecule has 0 heterocycles. The van der Waals surface area contributed by atoms with Gasteiger partial charge in [0.15, 0.2) is 0 Å². The third-order valence-electron chi connectivity index (χ3n) is 3.42. The Morgan fingerprint density at radius 1 is 0.952 bits per heavy atom. The Morgan fingerprint density at radius 2 is 1.43 bits per heavy atom. The standard InChI is InChI=1S/C12H24O.C6H13NO/c1-2-3-4-5-6-7-8-9-10-11-12-13;1-5(2)6(8)4-7-3/h12H,2-11H2,1H3;5,7H,4H2,1-3H3. The molecule has 0 amide bonds. The molecule has 126 valence electrons. The molecular weight excluding hydrogens is 262 g/mol. The number of hydrogen-bond acceptors (Lipinski definition) is 3. The molecule has 0 atom stereocenters. The Morgan fingerprint density at radius 3 is 1.76 bits per heavy atom. The zero-order valence-electron chi connectivity index (χ0n) is 14.7. The number of carbonyl (C=O) groups excluding carboxylic acids is 2. The van der Waals surface area contributed by atoms with Crippen LogP contribution in [0.1, 0.15) is 85.0 Å². The second-order valence-corrected chi connectivity index (χ2v) is 5.94. The molecule has 0 unspecified atom stereocenters. The number of rotatable bonds is 13. The molecule has 0 aromatic rings. The van der Waals surface area contributed by atoms with Crippen LogP contribution in [0.25, 0.3) is 0 Å². The van der Waals surface area contributed by atoms with Crippen LogP contribution >= 0.6 is 0 Å². The van der Waals surface area contributed by atoms with Gasteiger partial charge in [-0.1, -0.05) is 72.1 Å². The van der Waals surface area contributed by atoms with E-state index in [1.807, 2.05) is 13.8 Å². The smallest absolute Gasteiger partial charge is 0.149 e. The summed E-state index contributed by atoms with van der Waals surface area (Å²) in [5.41, 5.74) is 0. The van der Waals surface area contributed by atoms with Gasteiger partial charge < -0.3 is 10.1 Å². The molecule has 3 nitrogen and oxygen atoms in total. The van der Waals surface area contributed by atoms with Crippen molar-refractivity contribution in [3.05, 3.63) is 0 Å². The minimum absolute atomic E-state index is 0.169. The summed E-state index contributed by atoms with van der Waals surface area (Å²) in [6.45, 7) is 6.55. The molecule has 3 heteroatoms. The number of hydrogen-bond donors (Lipinski definition) is 1. The van der Waals surface area contributed by atoms with Crippen LogP contribution in [0.4, 0.5) is 0 Å². The maximum Gasteiger partial charge on any atom is 0.149 e. The highest BCUT2D eigenvalue weighted by molar-refractivity contribution is 5.82. The van der Waals surface area contributed by atoms with Crippen LogP contribution in [0, 0.1) is 5.92 Å². The van der Waals surface area contributed by atoms with E-state index in [4.69, 9.17) is 0 Å². The van der Waals surface area contributed by atoms with Crippen molar-refractivity contribution in [2.45, 2.75) is 85.0 Å². The molecule has 0 aliphatic rings. The van der Waals surface area contributed by atoms with E-state index in [9.17, 15) is 9.59 Å². The zero-order chi connectivity index (χ0) is 16.3. The molecule has 0 aromatic heterocycles. The Balaban J connectivity index is 0. The van der Waals surface area contributed by atoms with E-state index in [0.717, 1.165) is 19.1 Å². The summed E-state index contributed by atoms with van der Waals surface area (Å²) in [7, 11) is 1.78. The highest BCUT2D eigenvalue weighted by Crippen LogP contribution is 2.09. The third-order valence-corrected chi connectivity index (χ3v) is 3.42. The predicted octanol–water partition coefficient (Wildman–Crippen LogP) is 4.54. The average Bonchev–Trinajstić information content (AvgIpc) is 2.46. The SMILES string of the molecule is CCCCCCCCCCCC=O.CNCC(=O)C(C)C. The molecule has 0 aliphatic carbocycles. The highest BCUT2D eigenvalue weighted by Gasteiger charge is 2.03. The van der Waals surface area contributed by atoms with Gasteiger partial charge in [-0.15, -0.1) is 0 Å². The maximum absolute atomic E-state index is 10.7. The first-order chi connectivity index (χ1) is 10.1. The van der Waals surface area contributed by atoms with Gasteiger partial charge in [-0.25, -0.2) is 0 Å². The van der Waals surface area contributed by atoms with Gasteiger partial charge in [0, 0.05) is 12.3 Å². The first-order valence-electron chi connectivity index (χ1n) is 8.71. The van der Waals surface area contributed by atoms with Crippen molar-refractivity contribution >= 4 is 12.1 Å². The fourth-order valence-electron chi connectivity index (χ4n) is 1.92. The van der Waals surface area contributed by atoms with Crippen LogP contribution in [-0.2, 0) is 9.59 Å². The molecule has 0 saturated carbocycles. The molecule has 0 aliphatic heterocycles. The van der Waals surface area contributed by atoms with Crippen molar-refractivity contribution in [2.24, 2.45) is 5.92 Å². The van der Waals surface area contributed by atoms with Crippen LogP contribution in [-0.4, -0.2) is 25.7 Å². The van der Waals surface area contributed by atoms with E-state index >= 15 is 0 Å². The number of carbonyl (C=O) groups is 2. The van der Waals surface area contributed by atoms with Crippen molar-refractivity contribution < 1.29 is 9.59 Å². The lowest BCUT2D eigenvalue weighted by molar-refractivity contribution is -0.120. The number of nitrogens with one attached hydrogen (secondary N) is 1. The van der Waals surface area contributed by atoms with Crippen LogP contribution in [0.5, 0.6) is 0 Å². The molecule has 0 saturated heterocycles. The van der Waals surface area contributed by atoms with E-state index in [0.29, 0.717) is 6.54 Å². The quantitative estimate of drug-likeness (QED) is 0.401. The van der Waals surface area contributed by atoms with Crippen molar-refractivity contribution in [2.75, 3.05) is 13.6 Å². The van der Waals surface area contributed by atoms with Crippen LogP contribution < -0.4 is 5.32 Å². The van der Waals surface area contributed by atoms with Gasteiger partial charge in [0.2, 0.25) is 0 Å². The molecule has 0 bridgehead atoms. The molecular formula is C18H37NO2. The summed E-state index contributed by atoms with van der Waals surface area (Å²) >= 11 is 0. The van der Waals surface area contributed by atoms with Crippen LogP contribution in [0.15, 0.2) is 0 Å². The van der Waals surface area contributed by atoms with Crippen molar-refractivity contribution in [1.29, 1.82) is 0 Å². The highest BCUT2D eigenvalue weighted by atomic mass is 16.1. The van der Waals surface area contributed by atoms with Gasteiger partial charge >= 0.3 is 0 Å². The summed E-state index contributed by atoms with van der Waals surface area (Å²) in [6.07, 6.45) is 13.7. The minimum atomic E-state index is 0.169. The van der Waals surface area contributed by atoms with Gasteiger partial charge in [-0.2, -0.15) is 0 Å². The van der Waals surface area contributed by atoms with Crippen LogP contribution in [0.2, 0.25) is 0 Å². The van der Waals surface area contributed by atoms with E-state index in [-0.39, 0.29) is 11.7 Å². The van der Waals surface area contributed by atoms with Crippen molar-refractivity contribution in [3.63, 3.8) is 0 Å². The molecule has 0 aromatic carbocycles. The van der Waals surface area contributed by atoms with E-state index in [2.05, 4.69) is 12.2 Å². The van der Waals surface area contributed by atoms with Gasteiger partial charge in [-0.05, 0) is 13.5 Å². The molecule has 0 radical (unpaired) electrons. The number of likely N-dealkylation sites (N-methyl/N-ethyl adjacent to an activating group) is 1. The predicted molar refractivity (Wildman–Crippen MR) is 91.7 cm³/mol. The summed E-state index contributed by atoms with van der Waals surface area (Å²) < 4.78 is 0. The Kier molecular flexibility index (Phi) is 20.8. The normalized spacial score (nSPS) is 10.1. The number of Topliss-reactive ketones (excluding diaryl/α,β-unsaturated/α-hetero) is 1. The fraction of sp³-hybridized carbons (Fsp3) is 0.889. The molecule has 1 N–H and O–H groups in total. The molecule has 0 rings (SSSR count). The topological polar surface area (TPSA) is 46.2 Å². The van der Waals surface area contributed by atoms with Crippen molar-refractivity contribution in [1.82, 2.24) is 5.32 Å². The molecule has 0 spiro atoms. The Labute approximate surface area is 132 Å².